The Morgan fingerprint density at radius 2 is 1.79 bits per heavy atom. The van der Waals surface area contributed by atoms with Crippen molar-refractivity contribution in [2.75, 3.05) is 13.6 Å². The van der Waals surface area contributed by atoms with E-state index in [2.05, 4.69) is 9.88 Å². The monoisotopic (exact) mass is 259 g/mol. The summed E-state index contributed by atoms with van der Waals surface area (Å²) >= 11 is 0. The topological polar surface area (TPSA) is 42.1 Å². The molecule has 2 aromatic rings. The maximum atomic E-state index is 12.9. The molecular weight excluding hydrogens is 241 g/mol. The van der Waals surface area contributed by atoms with Gasteiger partial charge in [0.15, 0.2) is 0 Å². The highest BCUT2D eigenvalue weighted by atomic mass is 19.1. The van der Waals surface area contributed by atoms with E-state index in [1.165, 1.54) is 12.1 Å². The molecule has 3 nitrogen and oxygen atoms in total. The van der Waals surface area contributed by atoms with Crippen LogP contribution in [0, 0.1) is 5.82 Å². The smallest absolute Gasteiger partial charge is 0.123 e. The van der Waals surface area contributed by atoms with Crippen LogP contribution in [0.3, 0.4) is 0 Å². The lowest BCUT2D eigenvalue weighted by Crippen LogP contribution is -2.30. The van der Waals surface area contributed by atoms with Crippen LogP contribution in [0.5, 0.6) is 0 Å². The molecule has 2 rings (SSSR count). The first-order valence-electron chi connectivity index (χ1n) is 6.25. The molecule has 0 spiro atoms. The lowest BCUT2D eigenvalue weighted by molar-refractivity contribution is 0.241. The Morgan fingerprint density at radius 3 is 2.37 bits per heavy atom. The van der Waals surface area contributed by atoms with Gasteiger partial charge in [-0.25, -0.2) is 4.39 Å². The van der Waals surface area contributed by atoms with Crippen molar-refractivity contribution in [1.82, 2.24) is 9.88 Å². The second kappa shape index (κ2) is 6.41. The van der Waals surface area contributed by atoms with Crippen LogP contribution in [0.4, 0.5) is 4.39 Å². The molecule has 0 saturated heterocycles. The molecule has 0 radical (unpaired) electrons. The van der Waals surface area contributed by atoms with E-state index in [0.29, 0.717) is 6.54 Å². The number of likely N-dealkylation sites (N-methyl/N-ethyl adjacent to an activating group) is 1. The number of benzene rings is 1. The van der Waals surface area contributed by atoms with E-state index in [-0.39, 0.29) is 11.9 Å². The summed E-state index contributed by atoms with van der Waals surface area (Å²) in [5.41, 5.74) is 8.07. The summed E-state index contributed by atoms with van der Waals surface area (Å²) in [6, 6.07) is 10.6. The molecule has 0 fully saturated rings. The number of halogens is 1. The van der Waals surface area contributed by atoms with Gasteiger partial charge in [0.1, 0.15) is 5.82 Å². The van der Waals surface area contributed by atoms with Gasteiger partial charge in [-0.05, 0) is 42.4 Å². The van der Waals surface area contributed by atoms with Gasteiger partial charge in [0, 0.05) is 31.5 Å². The summed E-state index contributed by atoms with van der Waals surface area (Å²) in [5.74, 6) is -0.212. The molecule has 0 aliphatic heterocycles. The van der Waals surface area contributed by atoms with Crippen molar-refractivity contribution in [2.24, 2.45) is 5.73 Å². The summed E-state index contributed by atoms with van der Waals surface area (Å²) in [6.07, 6.45) is 3.54. The SMILES string of the molecule is CN(Cc1ccc(F)cc1)C(CN)c1ccncc1. The zero-order chi connectivity index (χ0) is 13.7. The van der Waals surface area contributed by atoms with E-state index in [0.717, 1.165) is 17.7 Å². The Balaban J connectivity index is 2.09. The first-order valence-corrected chi connectivity index (χ1v) is 6.25. The summed E-state index contributed by atoms with van der Waals surface area (Å²) in [7, 11) is 2.02. The first-order chi connectivity index (χ1) is 9.20. The number of aromatic nitrogens is 1. The molecule has 1 aromatic heterocycles. The lowest BCUT2D eigenvalue weighted by atomic mass is 10.1. The lowest BCUT2D eigenvalue weighted by Gasteiger charge is -2.27. The van der Waals surface area contributed by atoms with Crippen LogP contribution in [-0.2, 0) is 6.54 Å². The van der Waals surface area contributed by atoms with Gasteiger partial charge in [0.2, 0.25) is 0 Å². The second-order valence-electron chi connectivity index (χ2n) is 4.57. The predicted octanol–water partition coefficient (Wildman–Crippen LogP) is 2.35. The predicted molar refractivity (Wildman–Crippen MR) is 73.9 cm³/mol. The van der Waals surface area contributed by atoms with Crippen molar-refractivity contribution >= 4 is 0 Å². The minimum absolute atomic E-state index is 0.132. The van der Waals surface area contributed by atoms with Gasteiger partial charge in [-0.3, -0.25) is 9.88 Å². The van der Waals surface area contributed by atoms with E-state index in [1.54, 1.807) is 24.5 Å². The van der Waals surface area contributed by atoms with Crippen molar-refractivity contribution in [1.29, 1.82) is 0 Å². The third-order valence-electron chi connectivity index (χ3n) is 3.19. The summed E-state index contributed by atoms with van der Waals surface area (Å²) in [5, 5.41) is 0. The number of pyridine rings is 1. The highest BCUT2D eigenvalue weighted by Crippen LogP contribution is 2.19. The van der Waals surface area contributed by atoms with Gasteiger partial charge < -0.3 is 5.73 Å². The minimum Gasteiger partial charge on any atom is -0.329 e. The standard InChI is InChI=1S/C15H18FN3/c1-19(11-12-2-4-14(16)5-3-12)15(10-17)13-6-8-18-9-7-13/h2-9,15H,10-11,17H2,1H3. The third-order valence-corrected chi connectivity index (χ3v) is 3.19. The summed E-state index contributed by atoms with van der Waals surface area (Å²) in [6.45, 7) is 1.26. The van der Waals surface area contributed by atoms with Crippen LogP contribution in [0.1, 0.15) is 17.2 Å². The van der Waals surface area contributed by atoms with Gasteiger partial charge in [-0.1, -0.05) is 12.1 Å². The van der Waals surface area contributed by atoms with E-state index in [4.69, 9.17) is 5.73 Å². The van der Waals surface area contributed by atoms with Crippen LogP contribution < -0.4 is 5.73 Å². The maximum absolute atomic E-state index is 12.9. The molecule has 1 atom stereocenters. The second-order valence-corrected chi connectivity index (χ2v) is 4.57. The average molecular weight is 259 g/mol. The highest BCUT2D eigenvalue weighted by Gasteiger charge is 2.15. The van der Waals surface area contributed by atoms with Crippen LogP contribution >= 0.6 is 0 Å². The highest BCUT2D eigenvalue weighted by molar-refractivity contribution is 5.18. The van der Waals surface area contributed by atoms with E-state index in [1.807, 2.05) is 19.2 Å². The van der Waals surface area contributed by atoms with E-state index >= 15 is 0 Å². The van der Waals surface area contributed by atoms with Gasteiger partial charge in [0.05, 0.1) is 0 Å². The molecule has 2 N–H and O–H groups in total. The Hall–Kier alpha value is -1.78. The fourth-order valence-corrected chi connectivity index (χ4v) is 2.14. The summed E-state index contributed by atoms with van der Waals surface area (Å²) in [4.78, 5) is 6.17. The molecule has 0 aliphatic rings. The number of hydrogen-bond acceptors (Lipinski definition) is 3. The summed E-state index contributed by atoms with van der Waals surface area (Å²) < 4.78 is 12.9. The first kappa shape index (κ1) is 13.6. The number of nitrogens with two attached hydrogens (primary N) is 1. The molecule has 0 saturated carbocycles. The Bertz CT molecular complexity index is 499. The quantitative estimate of drug-likeness (QED) is 0.896. The van der Waals surface area contributed by atoms with E-state index in [9.17, 15) is 4.39 Å². The molecule has 0 amide bonds. The minimum atomic E-state index is -0.212. The number of nitrogens with zero attached hydrogens (tertiary/aromatic N) is 2. The molecule has 0 aliphatic carbocycles. The van der Waals surface area contributed by atoms with Gasteiger partial charge in [-0.2, -0.15) is 0 Å². The Kier molecular flexibility index (Phi) is 4.60. The molecule has 0 bridgehead atoms. The number of rotatable bonds is 5. The van der Waals surface area contributed by atoms with E-state index < -0.39 is 0 Å². The largest absolute Gasteiger partial charge is 0.329 e. The molecule has 4 heteroatoms. The molecule has 19 heavy (non-hydrogen) atoms. The molecule has 1 aromatic carbocycles. The van der Waals surface area contributed by atoms with Crippen LogP contribution in [0.25, 0.3) is 0 Å². The molecule has 100 valence electrons. The van der Waals surface area contributed by atoms with Gasteiger partial charge in [-0.15, -0.1) is 0 Å². The molecular formula is C15H18FN3. The Morgan fingerprint density at radius 1 is 1.16 bits per heavy atom. The van der Waals surface area contributed by atoms with Crippen molar-refractivity contribution in [3.05, 3.63) is 65.7 Å². The normalized spacial score (nSPS) is 12.6. The fourth-order valence-electron chi connectivity index (χ4n) is 2.14. The maximum Gasteiger partial charge on any atom is 0.123 e. The van der Waals surface area contributed by atoms with Crippen LogP contribution in [-0.4, -0.2) is 23.5 Å². The zero-order valence-corrected chi connectivity index (χ0v) is 11.0. The van der Waals surface area contributed by atoms with Gasteiger partial charge in [0.25, 0.3) is 0 Å². The average Bonchev–Trinajstić information content (AvgIpc) is 2.43. The molecule has 1 heterocycles. The van der Waals surface area contributed by atoms with Crippen molar-refractivity contribution in [3.63, 3.8) is 0 Å². The Labute approximate surface area is 112 Å². The van der Waals surface area contributed by atoms with Gasteiger partial charge >= 0.3 is 0 Å². The fraction of sp³-hybridized carbons (Fsp3) is 0.267. The zero-order valence-electron chi connectivity index (χ0n) is 11.0. The number of hydrogen-bond donors (Lipinski definition) is 1. The van der Waals surface area contributed by atoms with Crippen LogP contribution in [0.2, 0.25) is 0 Å². The van der Waals surface area contributed by atoms with Crippen molar-refractivity contribution in [2.45, 2.75) is 12.6 Å². The van der Waals surface area contributed by atoms with Crippen molar-refractivity contribution < 1.29 is 4.39 Å². The molecule has 1 unspecified atom stereocenters. The third kappa shape index (κ3) is 3.59. The van der Waals surface area contributed by atoms with Crippen LogP contribution in [0.15, 0.2) is 48.8 Å². The van der Waals surface area contributed by atoms with Crippen molar-refractivity contribution in [3.8, 4) is 0 Å².